The molecule has 2 nitrogen and oxygen atoms in total. The van der Waals surface area contributed by atoms with Crippen molar-refractivity contribution in [2.24, 2.45) is 11.8 Å². The first-order chi connectivity index (χ1) is 9.47. The van der Waals surface area contributed by atoms with E-state index < -0.39 is 0 Å². The van der Waals surface area contributed by atoms with Gasteiger partial charge in [-0.15, -0.1) is 0 Å². The Morgan fingerprint density at radius 2 is 1.50 bits per heavy atom. The second kappa shape index (κ2) is 9.15. The smallest absolute Gasteiger partial charge is 0.0720 e. The van der Waals surface area contributed by atoms with Gasteiger partial charge in [-0.2, -0.15) is 0 Å². The van der Waals surface area contributed by atoms with E-state index in [2.05, 4.69) is 64.2 Å². The summed E-state index contributed by atoms with van der Waals surface area (Å²) in [5.74, 6) is 1.39. The summed E-state index contributed by atoms with van der Waals surface area (Å²) in [7, 11) is 0. The van der Waals surface area contributed by atoms with Crippen LogP contribution in [0.1, 0.15) is 52.2 Å². The van der Waals surface area contributed by atoms with Crippen molar-refractivity contribution in [2.45, 2.75) is 60.3 Å². The minimum atomic E-state index is 0.336. The number of rotatable bonds is 9. The molecule has 1 unspecified atom stereocenters. The van der Waals surface area contributed by atoms with Crippen molar-refractivity contribution in [3.63, 3.8) is 0 Å². The monoisotopic (exact) mass is 277 g/mol. The SMILES string of the molecule is CC(C)CNCc1ccc(COC(C)CC(C)C)cc1. The lowest BCUT2D eigenvalue weighted by atomic mass is 10.1. The molecule has 0 aliphatic heterocycles. The van der Waals surface area contributed by atoms with E-state index in [1.54, 1.807) is 0 Å². The molecule has 1 aromatic carbocycles. The summed E-state index contributed by atoms with van der Waals surface area (Å²) in [6.07, 6.45) is 1.46. The first kappa shape index (κ1) is 17.2. The van der Waals surface area contributed by atoms with Crippen LogP contribution in [0.4, 0.5) is 0 Å². The van der Waals surface area contributed by atoms with Gasteiger partial charge in [-0.1, -0.05) is 52.0 Å². The number of benzene rings is 1. The van der Waals surface area contributed by atoms with Crippen molar-refractivity contribution in [1.82, 2.24) is 5.32 Å². The molecule has 2 heteroatoms. The third-order valence-electron chi connectivity index (χ3n) is 3.24. The van der Waals surface area contributed by atoms with Crippen LogP contribution in [-0.2, 0) is 17.9 Å². The summed E-state index contributed by atoms with van der Waals surface area (Å²) in [5.41, 5.74) is 2.60. The maximum atomic E-state index is 5.88. The molecular weight excluding hydrogens is 246 g/mol. The summed E-state index contributed by atoms with van der Waals surface area (Å²) < 4.78 is 5.88. The Labute approximate surface area is 124 Å². The average molecular weight is 277 g/mol. The van der Waals surface area contributed by atoms with Crippen LogP contribution < -0.4 is 5.32 Å². The lowest BCUT2D eigenvalue weighted by molar-refractivity contribution is 0.0397. The van der Waals surface area contributed by atoms with E-state index in [1.165, 1.54) is 11.1 Å². The normalized spacial score (nSPS) is 13.2. The van der Waals surface area contributed by atoms with E-state index in [4.69, 9.17) is 4.74 Å². The van der Waals surface area contributed by atoms with Crippen LogP contribution in [0, 0.1) is 11.8 Å². The molecule has 0 aromatic heterocycles. The van der Waals surface area contributed by atoms with Crippen LogP contribution >= 0.6 is 0 Å². The van der Waals surface area contributed by atoms with Crippen molar-refractivity contribution in [1.29, 1.82) is 0 Å². The highest BCUT2D eigenvalue weighted by atomic mass is 16.5. The Hall–Kier alpha value is -0.860. The molecule has 0 aliphatic carbocycles. The summed E-state index contributed by atoms with van der Waals surface area (Å²) >= 11 is 0. The fourth-order valence-corrected chi connectivity index (χ4v) is 2.23. The van der Waals surface area contributed by atoms with Gasteiger partial charge in [0, 0.05) is 6.54 Å². The fourth-order valence-electron chi connectivity index (χ4n) is 2.23. The average Bonchev–Trinajstić information content (AvgIpc) is 2.36. The third-order valence-corrected chi connectivity index (χ3v) is 3.24. The summed E-state index contributed by atoms with van der Waals surface area (Å²) in [6.45, 7) is 13.8. The van der Waals surface area contributed by atoms with Crippen LogP contribution in [0.25, 0.3) is 0 Å². The molecule has 0 amide bonds. The van der Waals surface area contributed by atoms with E-state index in [-0.39, 0.29) is 0 Å². The molecule has 0 saturated carbocycles. The molecule has 0 aliphatic rings. The molecule has 1 rings (SSSR count). The molecule has 1 N–H and O–H groups in total. The van der Waals surface area contributed by atoms with Crippen molar-refractivity contribution in [2.75, 3.05) is 6.54 Å². The number of hydrogen-bond acceptors (Lipinski definition) is 2. The van der Waals surface area contributed by atoms with Gasteiger partial charge >= 0.3 is 0 Å². The number of ether oxygens (including phenoxy) is 1. The molecule has 1 aromatic rings. The highest BCUT2D eigenvalue weighted by Crippen LogP contribution is 2.11. The van der Waals surface area contributed by atoms with Gasteiger partial charge in [-0.3, -0.25) is 0 Å². The van der Waals surface area contributed by atoms with Gasteiger partial charge in [0.25, 0.3) is 0 Å². The van der Waals surface area contributed by atoms with E-state index in [0.29, 0.717) is 24.5 Å². The quantitative estimate of drug-likeness (QED) is 0.723. The standard InChI is InChI=1S/C18H31NO/c1-14(2)10-16(5)20-13-18-8-6-17(7-9-18)12-19-11-15(3)4/h6-9,14-16,19H,10-13H2,1-5H3. The van der Waals surface area contributed by atoms with E-state index >= 15 is 0 Å². The van der Waals surface area contributed by atoms with Crippen molar-refractivity contribution in [3.8, 4) is 0 Å². The topological polar surface area (TPSA) is 21.3 Å². The van der Waals surface area contributed by atoms with Crippen LogP contribution in [-0.4, -0.2) is 12.6 Å². The maximum absolute atomic E-state index is 5.88. The first-order valence-electron chi connectivity index (χ1n) is 7.87. The van der Waals surface area contributed by atoms with Gasteiger partial charge in [0.2, 0.25) is 0 Å². The number of hydrogen-bond donors (Lipinski definition) is 1. The molecule has 20 heavy (non-hydrogen) atoms. The van der Waals surface area contributed by atoms with Gasteiger partial charge in [0.05, 0.1) is 12.7 Å². The number of nitrogens with one attached hydrogen (secondary N) is 1. The van der Waals surface area contributed by atoms with Gasteiger partial charge in [-0.05, 0) is 42.9 Å². The minimum absolute atomic E-state index is 0.336. The minimum Gasteiger partial charge on any atom is -0.374 e. The highest BCUT2D eigenvalue weighted by molar-refractivity contribution is 5.21. The first-order valence-corrected chi connectivity index (χ1v) is 7.87. The van der Waals surface area contributed by atoms with Gasteiger partial charge in [0.15, 0.2) is 0 Å². The molecule has 0 saturated heterocycles. The Morgan fingerprint density at radius 3 is 2.05 bits per heavy atom. The van der Waals surface area contributed by atoms with Gasteiger partial charge in [-0.25, -0.2) is 0 Å². The second-order valence-corrected chi connectivity index (χ2v) is 6.59. The molecule has 0 radical (unpaired) electrons. The van der Waals surface area contributed by atoms with Crippen molar-refractivity contribution < 1.29 is 4.74 Å². The van der Waals surface area contributed by atoms with Gasteiger partial charge < -0.3 is 10.1 Å². The molecule has 114 valence electrons. The summed E-state index contributed by atoms with van der Waals surface area (Å²) in [6, 6.07) is 8.74. The van der Waals surface area contributed by atoms with Crippen LogP contribution in [0.2, 0.25) is 0 Å². The van der Waals surface area contributed by atoms with Crippen LogP contribution in [0.5, 0.6) is 0 Å². The Kier molecular flexibility index (Phi) is 7.86. The molecule has 1 atom stereocenters. The van der Waals surface area contributed by atoms with Crippen LogP contribution in [0.3, 0.4) is 0 Å². The zero-order chi connectivity index (χ0) is 15.0. The predicted octanol–water partition coefficient (Wildman–Crippen LogP) is 4.38. The van der Waals surface area contributed by atoms with Crippen LogP contribution in [0.15, 0.2) is 24.3 Å². The lowest BCUT2D eigenvalue weighted by Crippen LogP contribution is -2.18. The molecule has 0 bridgehead atoms. The largest absolute Gasteiger partial charge is 0.374 e. The summed E-state index contributed by atoms with van der Waals surface area (Å²) in [4.78, 5) is 0. The lowest BCUT2D eigenvalue weighted by Gasteiger charge is -2.15. The Morgan fingerprint density at radius 1 is 0.900 bits per heavy atom. The summed E-state index contributed by atoms with van der Waals surface area (Å²) in [5, 5.41) is 3.46. The van der Waals surface area contributed by atoms with Crippen molar-refractivity contribution >= 4 is 0 Å². The third kappa shape index (κ3) is 7.66. The molecule has 0 heterocycles. The van der Waals surface area contributed by atoms with E-state index in [9.17, 15) is 0 Å². The Balaban J connectivity index is 2.31. The molecule has 0 fully saturated rings. The zero-order valence-corrected chi connectivity index (χ0v) is 13.8. The Bertz CT molecular complexity index is 356. The molecular formula is C18H31NO. The van der Waals surface area contributed by atoms with E-state index in [0.717, 1.165) is 19.5 Å². The molecule has 0 spiro atoms. The highest BCUT2D eigenvalue weighted by Gasteiger charge is 2.05. The fraction of sp³-hybridized carbons (Fsp3) is 0.667. The predicted molar refractivity (Wildman–Crippen MR) is 86.7 cm³/mol. The van der Waals surface area contributed by atoms with Crippen molar-refractivity contribution in [3.05, 3.63) is 35.4 Å². The second-order valence-electron chi connectivity index (χ2n) is 6.59. The maximum Gasteiger partial charge on any atom is 0.0720 e. The van der Waals surface area contributed by atoms with E-state index in [1.807, 2.05) is 0 Å². The zero-order valence-electron chi connectivity index (χ0n) is 13.8. The van der Waals surface area contributed by atoms with Gasteiger partial charge in [0.1, 0.15) is 0 Å².